The van der Waals surface area contributed by atoms with Gasteiger partial charge in [0.1, 0.15) is 6.04 Å². The Kier molecular flexibility index (Phi) is 9.36. The first-order valence-corrected chi connectivity index (χ1v) is 14.4. The number of carbonyl (C=O) groups is 3. The molecule has 3 aliphatic rings. The fourth-order valence-corrected chi connectivity index (χ4v) is 9.04. The van der Waals surface area contributed by atoms with Crippen LogP contribution >= 0.6 is 11.8 Å². The van der Waals surface area contributed by atoms with Crippen LogP contribution in [-0.2, 0) is 14.4 Å². The molecule has 0 aliphatic carbocycles. The summed E-state index contributed by atoms with van der Waals surface area (Å²) >= 11 is 1.69. The van der Waals surface area contributed by atoms with E-state index in [0.29, 0.717) is 39.0 Å². The minimum atomic E-state index is -0.687. The van der Waals surface area contributed by atoms with Crippen molar-refractivity contribution in [1.29, 1.82) is 0 Å². The second-order valence-electron chi connectivity index (χ2n) is 10.7. The van der Waals surface area contributed by atoms with Crippen LogP contribution in [0.25, 0.3) is 0 Å². The first-order valence-electron chi connectivity index (χ1n) is 13.6. The van der Waals surface area contributed by atoms with E-state index in [0.717, 1.165) is 25.7 Å². The molecule has 0 aromatic heterocycles. The molecular formula is C28H45N3O4S. The number of aliphatic hydroxyl groups is 1. The van der Waals surface area contributed by atoms with Gasteiger partial charge in [-0.25, -0.2) is 0 Å². The van der Waals surface area contributed by atoms with Gasteiger partial charge >= 0.3 is 0 Å². The molecule has 2 bridgehead atoms. The van der Waals surface area contributed by atoms with E-state index in [1.54, 1.807) is 28.8 Å². The Balaban J connectivity index is 2.10. The fourth-order valence-electron chi connectivity index (χ4n) is 6.71. The highest BCUT2D eigenvalue weighted by Crippen LogP contribution is 2.72. The summed E-state index contributed by atoms with van der Waals surface area (Å²) in [5, 5.41) is 10.2. The van der Waals surface area contributed by atoms with Crippen LogP contribution in [0, 0.1) is 11.8 Å². The Labute approximate surface area is 221 Å². The van der Waals surface area contributed by atoms with Crippen LogP contribution < -0.4 is 0 Å². The maximum atomic E-state index is 14.3. The van der Waals surface area contributed by atoms with E-state index in [1.165, 1.54) is 0 Å². The zero-order valence-corrected chi connectivity index (χ0v) is 23.4. The number of carbonyl (C=O) groups excluding carboxylic acids is 3. The zero-order valence-electron chi connectivity index (χ0n) is 22.6. The lowest BCUT2D eigenvalue weighted by Gasteiger charge is -2.39. The van der Waals surface area contributed by atoms with Crippen molar-refractivity contribution in [2.45, 2.75) is 87.8 Å². The number of aliphatic hydroxyl groups excluding tert-OH is 1. The van der Waals surface area contributed by atoms with Crippen molar-refractivity contribution in [3.63, 3.8) is 0 Å². The average Bonchev–Trinajstić information content (AvgIpc) is 3.43. The third kappa shape index (κ3) is 4.64. The molecule has 2 unspecified atom stereocenters. The molecule has 7 nitrogen and oxygen atoms in total. The van der Waals surface area contributed by atoms with E-state index < -0.39 is 33.4 Å². The summed E-state index contributed by atoms with van der Waals surface area (Å²) in [7, 11) is 0. The smallest absolute Gasteiger partial charge is 0.247 e. The SMILES string of the molecule is C=CCN(CCCC)C(=O)C1N([C@@H](CC)CO)C(=O)[C@@H]2[C@H](C(=O)N(CC=C)CCC)[C@]3(C)CCC12S3. The highest BCUT2D eigenvalue weighted by atomic mass is 32.2. The van der Waals surface area contributed by atoms with Crippen molar-refractivity contribution in [1.82, 2.24) is 14.7 Å². The Morgan fingerprint density at radius 3 is 2.28 bits per heavy atom. The molecule has 6 atom stereocenters. The van der Waals surface area contributed by atoms with Gasteiger partial charge in [0.05, 0.1) is 29.2 Å². The number of likely N-dealkylation sites (tertiary alicyclic amines) is 1. The highest BCUT2D eigenvalue weighted by molar-refractivity contribution is 8.02. The van der Waals surface area contributed by atoms with Crippen molar-refractivity contribution >= 4 is 29.5 Å². The molecule has 0 aromatic rings. The molecular weight excluding hydrogens is 474 g/mol. The van der Waals surface area contributed by atoms with Crippen LogP contribution in [0.4, 0.5) is 0 Å². The summed E-state index contributed by atoms with van der Waals surface area (Å²) in [5.74, 6) is -1.29. The monoisotopic (exact) mass is 519 g/mol. The standard InChI is InChI=1S/C28H45N3O4S/c1-7-12-18-30(17-10-4)26(35)23-28-14-13-27(6,36-28)21(24(33)29(15-8-2)16-9-3)22(28)25(34)31(23)20(11-5)19-32/h8,10,20-23,32H,2,4,7,9,11-19H2,1,3,5-6H3/t20-,21+,22-,23?,27-,28?/m0/s1. The number of rotatable bonds is 14. The van der Waals surface area contributed by atoms with E-state index in [4.69, 9.17) is 0 Å². The zero-order chi connectivity index (χ0) is 26.7. The summed E-state index contributed by atoms with van der Waals surface area (Å²) in [6, 6.07) is -1.14. The first-order chi connectivity index (χ1) is 17.2. The number of nitrogens with zero attached hydrogens (tertiary/aromatic N) is 3. The summed E-state index contributed by atoms with van der Waals surface area (Å²) in [4.78, 5) is 47.8. The van der Waals surface area contributed by atoms with Gasteiger partial charge in [0, 0.05) is 30.9 Å². The van der Waals surface area contributed by atoms with Gasteiger partial charge in [0.2, 0.25) is 17.7 Å². The fraction of sp³-hybridized carbons (Fsp3) is 0.750. The number of amides is 3. The predicted molar refractivity (Wildman–Crippen MR) is 145 cm³/mol. The van der Waals surface area contributed by atoms with Crippen LogP contribution in [0.2, 0.25) is 0 Å². The summed E-state index contributed by atoms with van der Waals surface area (Å²) in [6.45, 7) is 17.7. The topological polar surface area (TPSA) is 81.2 Å². The van der Waals surface area contributed by atoms with Crippen molar-refractivity contribution in [2.24, 2.45) is 11.8 Å². The lowest BCUT2D eigenvalue weighted by molar-refractivity contribution is -0.147. The number of hydrogen-bond donors (Lipinski definition) is 1. The maximum Gasteiger partial charge on any atom is 0.247 e. The molecule has 0 saturated carbocycles. The first kappa shape index (κ1) is 28.8. The van der Waals surface area contributed by atoms with Crippen LogP contribution in [0.3, 0.4) is 0 Å². The number of unbranched alkanes of at least 4 members (excludes halogenated alkanes) is 1. The van der Waals surface area contributed by atoms with Gasteiger partial charge in [0.25, 0.3) is 0 Å². The second kappa shape index (κ2) is 11.7. The largest absolute Gasteiger partial charge is 0.394 e. The molecule has 3 rings (SSSR count). The Morgan fingerprint density at radius 1 is 1.11 bits per heavy atom. The highest BCUT2D eigenvalue weighted by Gasteiger charge is 2.77. The van der Waals surface area contributed by atoms with E-state index in [9.17, 15) is 19.5 Å². The van der Waals surface area contributed by atoms with Crippen molar-refractivity contribution < 1.29 is 19.5 Å². The van der Waals surface area contributed by atoms with Gasteiger partial charge < -0.3 is 19.8 Å². The number of thioether (sulfide) groups is 1. The van der Waals surface area contributed by atoms with Crippen molar-refractivity contribution in [3.05, 3.63) is 25.3 Å². The van der Waals surface area contributed by atoms with Gasteiger partial charge in [-0.2, -0.15) is 0 Å². The Morgan fingerprint density at radius 2 is 1.75 bits per heavy atom. The summed E-state index contributed by atoms with van der Waals surface area (Å²) in [5.41, 5.74) is 0. The molecule has 3 aliphatic heterocycles. The van der Waals surface area contributed by atoms with Gasteiger partial charge in [-0.15, -0.1) is 24.9 Å². The van der Waals surface area contributed by atoms with Gasteiger partial charge in [0.15, 0.2) is 0 Å². The number of fused-ring (bicyclic) bond motifs is 1. The van der Waals surface area contributed by atoms with E-state index >= 15 is 0 Å². The molecule has 1 spiro atoms. The molecule has 1 N–H and O–H groups in total. The van der Waals surface area contributed by atoms with E-state index in [-0.39, 0.29) is 24.3 Å². The Hall–Kier alpha value is -1.80. The number of hydrogen-bond acceptors (Lipinski definition) is 5. The van der Waals surface area contributed by atoms with E-state index in [2.05, 4.69) is 27.0 Å². The van der Waals surface area contributed by atoms with Crippen molar-refractivity contribution in [2.75, 3.05) is 32.8 Å². The lowest BCUT2D eigenvalue weighted by Crippen LogP contribution is -2.57. The molecule has 3 heterocycles. The van der Waals surface area contributed by atoms with Gasteiger partial charge in [-0.1, -0.05) is 39.3 Å². The van der Waals surface area contributed by atoms with Gasteiger partial charge in [-0.3, -0.25) is 14.4 Å². The predicted octanol–water partition coefficient (Wildman–Crippen LogP) is 3.48. The van der Waals surface area contributed by atoms with Crippen LogP contribution in [0.15, 0.2) is 25.3 Å². The lowest BCUT2D eigenvalue weighted by atomic mass is 9.66. The van der Waals surface area contributed by atoms with Gasteiger partial charge in [-0.05, 0) is 39.0 Å². The maximum absolute atomic E-state index is 14.3. The summed E-state index contributed by atoms with van der Waals surface area (Å²) < 4.78 is -1.06. The second-order valence-corrected chi connectivity index (χ2v) is 12.6. The molecule has 0 aromatic carbocycles. The van der Waals surface area contributed by atoms with Crippen LogP contribution in [0.5, 0.6) is 0 Å². The molecule has 202 valence electrons. The Bertz CT molecular complexity index is 862. The normalized spacial score (nSPS) is 31.3. The quantitative estimate of drug-likeness (QED) is 0.356. The van der Waals surface area contributed by atoms with Crippen LogP contribution in [-0.4, -0.2) is 91.9 Å². The molecule has 3 amide bonds. The molecule has 3 saturated heterocycles. The molecule has 3 fully saturated rings. The van der Waals surface area contributed by atoms with Crippen molar-refractivity contribution in [3.8, 4) is 0 Å². The third-order valence-corrected chi connectivity index (χ3v) is 10.4. The molecule has 8 heteroatoms. The minimum absolute atomic E-state index is 0.00861. The molecule has 36 heavy (non-hydrogen) atoms. The summed E-state index contributed by atoms with van der Waals surface area (Å²) in [6.07, 6.45) is 8.17. The van der Waals surface area contributed by atoms with E-state index in [1.807, 2.05) is 23.6 Å². The minimum Gasteiger partial charge on any atom is -0.394 e. The third-order valence-electron chi connectivity index (χ3n) is 8.39. The van der Waals surface area contributed by atoms with Crippen LogP contribution in [0.1, 0.15) is 66.2 Å². The molecule has 0 radical (unpaired) electrons. The average molecular weight is 520 g/mol.